The Labute approximate surface area is 171 Å². The average molecular weight is 381 g/mol. The van der Waals surface area contributed by atoms with Crippen LogP contribution in [0.3, 0.4) is 0 Å². The van der Waals surface area contributed by atoms with Crippen molar-refractivity contribution < 1.29 is 9.84 Å². The second kappa shape index (κ2) is 10.4. The predicted octanol–water partition coefficient (Wildman–Crippen LogP) is 7.20. The quantitative estimate of drug-likeness (QED) is 0.442. The number of phenolic OH excluding ortho intramolecular Hbond substituents is 1. The summed E-state index contributed by atoms with van der Waals surface area (Å²) in [5, 5.41) is 10.9. The molecule has 2 rings (SSSR count). The van der Waals surface area contributed by atoms with Crippen LogP contribution in [0.15, 0.2) is 36.6 Å². The van der Waals surface area contributed by atoms with Gasteiger partial charge in [-0.15, -0.1) is 0 Å². The number of hydrogen-bond acceptors (Lipinski definition) is 2. The maximum absolute atomic E-state index is 10.9. The molecule has 2 heteroatoms. The van der Waals surface area contributed by atoms with Crippen molar-refractivity contribution in [2.45, 2.75) is 79.6 Å². The zero-order valence-corrected chi connectivity index (χ0v) is 18.3. The highest BCUT2D eigenvalue weighted by Crippen LogP contribution is 2.34. The van der Waals surface area contributed by atoms with E-state index in [-0.39, 0.29) is 0 Å². The molecule has 152 valence electrons. The van der Waals surface area contributed by atoms with E-state index in [9.17, 15) is 5.11 Å². The summed E-state index contributed by atoms with van der Waals surface area (Å²) in [4.78, 5) is 0. The third kappa shape index (κ3) is 5.89. The van der Waals surface area contributed by atoms with Crippen LogP contribution in [-0.4, -0.2) is 5.11 Å². The summed E-state index contributed by atoms with van der Waals surface area (Å²) < 4.78 is 6.09. The topological polar surface area (TPSA) is 29.5 Å². The number of hydrogen-bond donors (Lipinski definition) is 1. The molecule has 2 nitrogen and oxygen atoms in total. The van der Waals surface area contributed by atoms with Gasteiger partial charge < -0.3 is 9.84 Å². The first-order chi connectivity index (χ1) is 13.3. The van der Waals surface area contributed by atoms with Gasteiger partial charge in [0, 0.05) is 6.42 Å². The Bertz CT molecular complexity index is 818. The Balaban J connectivity index is 2.48. The molecule has 0 saturated carbocycles. The molecule has 0 aromatic heterocycles. The Hall–Kier alpha value is -2.22. The first kappa shape index (κ1) is 22.1. The normalized spacial score (nSPS) is 10.9. The molecule has 0 heterocycles. The minimum absolute atomic E-state index is 0.442. The summed E-state index contributed by atoms with van der Waals surface area (Å²) in [7, 11) is 0. The largest absolute Gasteiger partial charge is 0.507 e. The molecule has 0 radical (unpaired) electrons. The standard InChI is InChI=1S/C26H36O2/c1-7-9-11-21-13-19(5)15-23(25(21)27)17-24-16-20(6)14-22(12-10-8-2)26(24)28-18(3)4/h13-16,27H,3,7-12,17H2,1-2,4-6H3. The fourth-order valence-corrected chi connectivity index (χ4v) is 3.75. The summed E-state index contributed by atoms with van der Waals surface area (Å²) in [6.07, 6.45) is 7.07. The Morgan fingerprint density at radius 3 is 1.93 bits per heavy atom. The smallest absolute Gasteiger partial charge is 0.133 e. The van der Waals surface area contributed by atoms with Crippen molar-refractivity contribution in [3.63, 3.8) is 0 Å². The van der Waals surface area contributed by atoms with E-state index < -0.39 is 0 Å². The molecule has 0 fully saturated rings. The number of aryl methyl sites for hydroxylation is 4. The van der Waals surface area contributed by atoms with Gasteiger partial charge in [0.25, 0.3) is 0 Å². The summed E-state index contributed by atoms with van der Waals surface area (Å²) >= 11 is 0. The van der Waals surface area contributed by atoms with Gasteiger partial charge in [-0.05, 0) is 68.7 Å². The molecule has 0 unspecified atom stereocenters. The van der Waals surface area contributed by atoms with Crippen molar-refractivity contribution in [3.05, 3.63) is 70.0 Å². The van der Waals surface area contributed by atoms with E-state index in [2.05, 4.69) is 58.5 Å². The van der Waals surface area contributed by atoms with Crippen LogP contribution >= 0.6 is 0 Å². The fourth-order valence-electron chi connectivity index (χ4n) is 3.75. The van der Waals surface area contributed by atoms with Gasteiger partial charge >= 0.3 is 0 Å². The number of allylic oxidation sites excluding steroid dienone is 1. The van der Waals surface area contributed by atoms with Gasteiger partial charge in [-0.3, -0.25) is 0 Å². The molecule has 0 bridgehead atoms. The van der Waals surface area contributed by atoms with Gasteiger partial charge in [-0.25, -0.2) is 0 Å². The molecule has 0 aliphatic carbocycles. The number of aromatic hydroxyl groups is 1. The van der Waals surface area contributed by atoms with Crippen molar-refractivity contribution in [1.82, 2.24) is 0 Å². The minimum Gasteiger partial charge on any atom is -0.507 e. The van der Waals surface area contributed by atoms with E-state index >= 15 is 0 Å². The lowest BCUT2D eigenvalue weighted by Gasteiger charge is -2.18. The highest BCUT2D eigenvalue weighted by molar-refractivity contribution is 5.51. The van der Waals surface area contributed by atoms with Crippen molar-refractivity contribution in [2.24, 2.45) is 0 Å². The van der Waals surface area contributed by atoms with E-state index in [1.54, 1.807) is 0 Å². The number of ether oxygens (including phenoxy) is 1. The number of phenols is 1. The second-order valence-electron chi connectivity index (χ2n) is 8.03. The summed E-state index contributed by atoms with van der Waals surface area (Å²) in [6.45, 7) is 14.5. The molecule has 2 aromatic carbocycles. The van der Waals surface area contributed by atoms with E-state index in [1.165, 1.54) is 16.7 Å². The van der Waals surface area contributed by atoms with Crippen molar-refractivity contribution >= 4 is 0 Å². The minimum atomic E-state index is 0.442. The molecule has 2 aromatic rings. The number of unbranched alkanes of at least 4 members (excludes halogenated alkanes) is 2. The van der Waals surface area contributed by atoms with Gasteiger partial charge in [0.1, 0.15) is 11.5 Å². The van der Waals surface area contributed by atoms with Crippen LogP contribution in [0.25, 0.3) is 0 Å². The predicted molar refractivity (Wildman–Crippen MR) is 119 cm³/mol. The van der Waals surface area contributed by atoms with Gasteiger partial charge in [0.2, 0.25) is 0 Å². The van der Waals surface area contributed by atoms with Crippen LogP contribution in [-0.2, 0) is 19.3 Å². The Morgan fingerprint density at radius 2 is 1.36 bits per heavy atom. The molecule has 0 amide bonds. The SMILES string of the molecule is C=C(C)Oc1c(CCCC)cc(C)cc1Cc1cc(C)cc(CCCC)c1O. The lowest BCUT2D eigenvalue weighted by Crippen LogP contribution is -2.03. The van der Waals surface area contributed by atoms with Gasteiger partial charge in [0.15, 0.2) is 0 Å². The monoisotopic (exact) mass is 380 g/mol. The number of rotatable bonds is 10. The van der Waals surface area contributed by atoms with E-state index in [0.717, 1.165) is 61.0 Å². The van der Waals surface area contributed by atoms with Crippen LogP contribution in [0, 0.1) is 13.8 Å². The molecular weight excluding hydrogens is 344 g/mol. The first-order valence-electron chi connectivity index (χ1n) is 10.6. The summed E-state index contributed by atoms with van der Waals surface area (Å²) in [5.41, 5.74) is 6.81. The summed E-state index contributed by atoms with van der Waals surface area (Å²) in [6, 6.07) is 8.62. The second-order valence-corrected chi connectivity index (χ2v) is 8.03. The third-order valence-electron chi connectivity index (χ3n) is 5.06. The van der Waals surface area contributed by atoms with Crippen LogP contribution in [0.2, 0.25) is 0 Å². The van der Waals surface area contributed by atoms with E-state index in [0.29, 0.717) is 17.9 Å². The van der Waals surface area contributed by atoms with Gasteiger partial charge in [0.05, 0.1) is 5.76 Å². The lowest BCUT2D eigenvalue weighted by atomic mass is 9.93. The highest BCUT2D eigenvalue weighted by Gasteiger charge is 2.16. The average Bonchev–Trinajstić information content (AvgIpc) is 2.63. The molecule has 0 atom stereocenters. The van der Waals surface area contributed by atoms with Crippen LogP contribution in [0.1, 0.15) is 79.8 Å². The maximum Gasteiger partial charge on any atom is 0.133 e. The molecule has 0 saturated heterocycles. The zero-order valence-electron chi connectivity index (χ0n) is 18.3. The molecule has 28 heavy (non-hydrogen) atoms. The fraction of sp³-hybridized carbons (Fsp3) is 0.462. The number of benzene rings is 2. The lowest BCUT2D eigenvalue weighted by molar-refractivity contribution is 0.419. The molecule has 0 aliphatic heterocycles. The molecule has 1 N–H and O–H groups in total. The van der Waals surface area contributed by atoms with Crippen molar-refractivity contribution in [1.29, 1.82) is 0 Å². The van der Waals surface area contributed by atoms with Gasteiger partial charge in [-0.2, -0.15) is 0 Å². The Kier molecular flexibility index (Phi) is 8.17. The van der Waals surface area contributed by atoms with E-state index in [1.807, 2.05) is 6.92 Å². The van der Waals surface area contributed by atoms with Crippen LogP contribution < -0.4 is 4.74 Å². The maximum atomic E-state index is 10.9. The van der Waals surface area contributed by atoms with Crippen molar-refractivity contribution in [2.75, 3.05) is 0 Å². The zero-order chi connectivity index (χ0) is 20.7. The van der Waals surface area contributed by atoms with Crippen LogP contribution in [0.5, 0.6) is 11.5 Å². The highest BCUT2D eigenvalue weighted by atomic mass is 16.5. The van der Waals surface area contributed by atoms with Gasteiger partial charge in [-0.1, -0.05) is 68.7 Å². The first-order valence-corrected chi connectivity index (χ1v) is 10.6. The van der Waals surface area contributed by atoms with E-state index in [4.69, 9.17) is 4.74 Å². The molecule has 0 aliphatic rings. The third-order valence-corrected chi connectivity index (χ3v) is 5.06. The molecular formula is C26H36O2. The van der Waals surface area contributed by atoms with Crippen molar-refractivity contribution in [3.8, 4) is 11.5 Å². The molecule has 0 spiro atoms. The van der Waals surface area contributed by atoms with Crippen LogP contribution in [0.4, 0.5) is 0 Å². The summed E-state index contributed by atoms with van der Waals surface area (Å²) in [5.74, 6) is 2.06. The Morgan fingerprint density at radius 1 is 0.857 bits per heavy atom.